The van der Waals surface area contributed by atoms with Crippen molar-refractivity contribution in [1.29, 1.82) is 0 Å². The molecule has 0 radical (unpaired) electrons. The molecule has 0 saturated carbocycles. The summed E-state index contributed by atoms with van der Waals surface area (Å²) in [5.41, 5.74) is 2.09. The minimum Gasteiger partial charge on any atom is -0.494 e. The number of anilines is 1. The maximum absolute atomic E-state index is 12.5. The van der Waals surface area contributed by atoms with Crippen LogP contribution in [0.15, 0.2) is 34.1 Å². The smallest absolute Gasteiger partial charge is 0.262 e. The number of rotatable bonds is 6. The highest BCUT2D eigenvalue weighted by molar-refractivity contribution is 7.14. The number of thiazole rings is 1. The lowest BCUT2D eigenvalue weighted by Gasteiger charge is -2.04. The second-order valence-electron chi connectivity index (χ2n) is 5.77. The van der Waals surface area contributed by atoms with Crippen LogP contribution in [0.5, 0.6) is 5.75 Å². The molecule has 0 spiro atoms. The van der Waals surface area contributed by atoms with Gasteiger partial charge in [0, 0.05) is 10.9 Å². The van der Waals surface area contributed by atoms with Crippen LogP contribution in [-0.4, -0.2) is 17.5 Å². The van der Waals surface area contributed by atoms with E-state index >= 15 is 0 Å². The van der Waals surface area contributed by atoms with Gasteiger partial charge in [0.2, 0.25) is 0 Å². The maximum Gasteiger partial charge on any atom is 0.262 e. The summed E-state index contributed by atoms with van der Waals surface area (Å²) in [7, 11) is 0. The molecule has 0 unspecified atom stereocenters. The maximum atomic E-state index is 12.5. The Hall–Kier alpha value is -2.31. The van der Waals surface area contributed by atoms with E-state index in [1.165, 1.54) is 11.3 Å². The number of hydrogen-bond acceptors (Lipinski definition) is 5. The predicted octanol–water partition coefficient (Wildman–Crippen LogP) is 5.71. The van der Waals surface area contributed by atoms with Gasteiger partial charge in [-0.05, 0) is 44.5 Å². The molecule has 0 aliphatic carbocycles. The van der Waals surface area contributed by atoms with Gasteiger partial charge in [-0.3, -0.25) is 10.1 Å². The fourth-order valence-corrected chi connectivity index (χ4v) is 3.45. The van der Waals surface area contributed by atoms with Crippen molar-refractivity contribution >= 4 is 34.0 Å². The Balaban J connectivity index is 1.72. The molecule has 2 aromatic heterocycles. The average Bonchev–Trinajstić information content (AvgIpc) is 3.18. The van der Waals surface area contributed by atoms with Crippen LogP contribution in [-0.2, 0) is 0 Å². The molecular weight excluding hydrogens is 372 g/mol. The van der Waals surface area contributed by atoms with Crippen molar-refractivity contribution in [2.24, 2.45) is 0 Å². The van der Waals surface area contributed by atoms with E-state index in [-0.39, 0.29) is 5.91 Å². The summed E-state index contributed by atoms with van der Waals surface area (Å²) in [6, 6.07) is 7.73. The molecule has 0 bridgehead atoms. The number of carbonyl (C=O) groups is 1. The lowest BCUT2D eigenvalue weighted by atomic mass is 10.2. The average molecular weight is 391 g/mol. The Bertz CT molecular complexity index is 916. The van der Waals surface area contributed by atoms with E-state index in [0.29, 0.717) is 33.8 Å². The zero-order valence-electron chi connectivity index (χ0n) is 14.8. The summed E-state index contributed by atoms with van der Waals surface area (Å²) < 4.78 is 11.0. The van der Waals surface area contributed by atoms with Crippen molar-refractivity contribution in [3.8, 4) is 17.0 Å². The second-order valence-corrected chi connectivity index (χ2v) is 7.00. The Morgan fingerprint density at radius 2 is 2.00 bits per heavy atom. The zero-order chi connectivity index (χ0) is 18.7. The van der Waals surface area contributed by atoms with Gasteiger partial charge < -0.3 is 9.15 Å². The van der Waals surface area contributed by atoms with Crippen LogP contribution in [0.25, 0.3) is 11.3 Å². The Kier molecular flexibility index (Phi) is 5.64. The summed E-state index contributed by atoms with van der Waals surface area (Å²) in [6.45, 7) is 6.20. The molecule has 0 atom stereocenters. The summed E-state index contributed by atoms with van der Waals surface area (Å²) in [5, 5.41) is 5.52. The monoisotopic (exact) mass is 390 g/mol. The molecule has 0 fully saturated rings. The number of benzene rings is 1. The molecule has 3 aromatic rings. The molecule has 0 saturated heterocycles. The third kappa shape index (κ3) is 3.92. The van der Waals surface area contributed by atoms with E-state index in [1.54, 1.807) is 13.8 Å². The van der Waals surface area contributed by atoms with E-state index in [2.05, 4.69) is 17.2 Å². The fourth-order valence-electron chi connectivity index (χ4n) is 2.48. The van der Waals surface area contributed by atoms with Crippen LogP contribution >= 0.6 is 22.9 Å². The van der Waals surface area contributed by atoms with E-state index in [9.17, 15) is 4.79 Å². The number of aryl methyl sites for hydroxylation is 2. The molecule has 0 aliphatic rings. The lowest BCUT2D eigenvalue weighted by molar-refractivity contribution is 0.102. The molecule has 0 aliphatic heterocycles. The molecule has 1 N–H and O–H groups in total. The van der Waals surface area contributed by atoms with Gasteiger partial charge in [-0.15, -0.1) is 11.3 Å². The standard InChI is InChI=1S/C19H19ClN2O3S/c1-4-9-24-14-7-5-13(6-8-14)15-10-26-19(21-15)22-18(23)16-11(2)25-12(3)17(16)20/h5-8,10H,4,9H2,1-3H3,(H,21,22,23). The van der Waals surface area contributed by atoms with Crippen molar-refractivity contribution in [2.45, 2.75) is 27.2 Å². The number of carbonyl (C=O) groups excluding carboxylic acids is 1. The summed E-state index contributed by atoms with van der Waals surface area (Å²) in [5.74, 6) is 1.53. The Morgan fingerprint density at radius 3 is 2.62 bits per heavy atom. The first-order valence-electron chi connectivity index (χ1n) is 8.25. The molecule has 3 rings (SSSR count). The quantitative estimate of drug-likeness (QED) is 0.585. The first-order chi connectivity index (χ1) is 12.5. The highest BCUT2D eigenvalue weighted by atomic mass is 35.5. The van der Waals surface area contributed by atoms with Crippen LogP contribution < -0.4 is 10.1 Å². The van der Waals surface area contributed by atoms with E-state index in [0.717, 1.165) is 23.4 Å². The molecule has 7 heteroatoms. The minimum absolute atomic E-state index is 0.325. The number of nitrogens with one attached hydrogen (secondary N) is 1. The van der Waals surface area contributed by atoms with Gasteiger partial charge in [0.15, 0.2) is 5.13 Å². The van der Waals surface area contributed by atoms with Crippen molar-refractivity contribution in [1.82, 2.24) is 4.98 Å². The van der Waals surface area contributed by atoms with Crippen LogP contribution in [0, 0.1) is 13.8 Å². The Labute approximate surface area is 161 Å². The lowest BCUT2D eigenvalue weighted by Crippen LogP contribution is -2.12. The topological polar surface area (TPSA) is 64.4 Å². The number of furan rings is 1. The molecule has 2 heterocycles. The SMILES string of the molecule is CCCOc1ccc(-c2csc(NC(=O)c3c(C)oc(C)c3Cl)n2)cc1. The van der Waals surface area contributed by atoms with Crippen LogP contribution in [0.1, 0.15) is 35.2 Å². The number of ether oxygens (including phenoxy) is 1. The first kappa shape index (κ1) is 18.5. The third-order valence-corrected chi connectivity index (χ3v) is 4.97. The molecular formula is C19H19ClN2O3S. The Morgan fingerprint density at radius 1 is 1.27 bits per heavy atom. The summed E-state index contributed by atoms with van der Waals surface area (Å²) >= 11 is 7.50. The number of aromatic nitrogens is 1. The molecule has 5 nitrogen and oxygen atoms in total. The zero-order valence-corrected chi connectivity index (χ0v) is 16.3. The largest absolute Gasteiger partial charge is 0.494 e. The van der Waals surface area contributed by atoms with Gasteiger partial charge in [0.05, 0.1) is 22.9 Å². The van der Waals surface area contributed by atoms with Gasteiger partial charge in [0.25, 0.3) is 5.91 Å². The van der Waals surface area contributed by atoms with Gasteiger partial charge in [-0.25, -0.2) is 4.98 Å². The van der Waals surface area contributed by atoms with Crippen molar-refractivity contribution < 1.29 is 13.9 Å². The second kappa shape index (κ2) is 7.93. The van der Waals surface area contributed by atoms with E-state index in [1.807, 2.05) is 29.6 Å². The van der Waals surface area contributed by atoms with E-state index < -0.39 is 0 Å². The highest BCUT2D eigenvalue weighted by Crippen LogP contribution is 2.30. The number of nitrogens with zero attached hydrogens (tertiary/aromatic N) is 1. The number of halogens is 1. The van der Waals surface area contributed by atoms with Crippen LogP contribution in [0.4, 0.5) is 5.13 Å². The van der Waals surface area contributed by atoms with Crippen molar-refractivity contribution in [3.63, 3.8) is 0 Å². The molecule has 1 amide bonds. The van der Waals surface area contributed by atoms with Crippen molar-refractivity contribution in [3.05, 3.63) is 51.8 Å². The molecule has 26 heavy (non-hydrogen) atoms. The number of amides is 1. The van der Waals surface area contributed by atoms with Gasteiger partial charge in [-0.2, -0.15) is 0 Å². The predicted molar refractivity (Wildman–Crippen MR) is 104 cm³/mol. The summed E-state index contributed by atoms with van der Waals surface area (Å²) in [4.78, 5) is 16.9. The van der Waals surface area contributed by atoms with Crippen molar-refractivity contribution in [2.75, 3.05) is 11.9 Å². The van der Waals surface area contributed by atoms with Crippen LogP contribution in [0.3, 0.4) is 0 Å². The van der Waals surface area contributed by atoms with Crippen LogP contribution in [0.2, 0.25) is 5.02 Å². The molecule has 136 valence electrons. The van der Waals surface area contributed by atoms with Gasteiger partial charge >= 0.3 is 0 Å². The molecule has 1 aromatic carbocycles. The fraction of sp³-hybridized carbons (Fsp3) is 0.263. The summed E-state index contributed by atoms with van der Waals surface area (Å²) in [6.07, 6.45) is 0.969. The normalized spacial score (nSPS) is 10.8. The van der Waals surface area contributed by atoms with Gasteiger partial charge in [0.1, 0.15) is 17.3 Å². The first-order valence-corrected chi connectivity index (χ1v) is 9.51. The van der Waals surface area contributed by atoms with Gasteiger partial charge in [-0.1, -0.05) is 18.5 Å². The van der Waals surface area contributed by atoms with E-state index in [4.69, 9.17) is 20.8 Å². The highest BCUT2D eigenvalue weighted by Gasteiger charge is 2.21. The third-order valence-electron chi connectivity index (χ3n) is 3.76. The minimum atomic E-state index is -0.325. The number of hydrogen-bond donors (Lipinski definition) is 1.